The van der Waals surface area contributed by atoms with E-state index in [1.165, 1.54) is 18.2 Å². The summed E-state index contributed by atoms with van der Waals surface area (Å²) < 4.78 is 38.8. The number of hydrogen-bond donors (Lipinski definition) is 2. The molecule has 1 heterocycles. The molecule has 1 aliphatic heterocycles. The Hall–Kier alpha value is -1.73. The Bertz CT molecular complexity index is 615. The smallest absolute Gasteiger partial charge is 0.191 e. The number of aliphatic imine (C=N–C) groups is 1. The Morgan fingerprint density at radius 2 is 2.15 bits per heavy atom. The summed E-state index contributed by atoms with van der Waals surface area (Å²) in [7, 11) is 0. The molecule has 2 fully saturated rings. The molecule has 0 aromatic heterocycles. The molecule has 3 unspecified atom stereocenters. The second-order valence-electron chi connectivity index (χ2n) is 7.15. The van der Waals surface area contributed by atoms with Gasteiger partial charge in [0.05, 0.1) is 13.2 Å². The van der Waals surface area contributed by atoms with Gasteiger partial charge in [-0.05, 0) is 38.3 Å². The standard InChI is InChI=1S/C20H29F2N3O2/c1-2-23-20(24-8-4-9-26-12-14-7-10-27-13-14)25-18-11-15(18)19-16(21)5-3-6-17(19)22/h3,5-6,14-15,18H,2,4,7-13H2,1H3,(H2,23,24,25). The van der Waals surface area contributed by atoms with Gasteiger partial charge >= 0.3 is 0 Å². The van der Waals surface area contributed by atoms with E-state index in [1.807, 2.05) is 6.92 Å². The predicted molar refractivity (Wildman–Crippen MR) is 101 cm³/mol. The van der Waals surface area contributed by atoms with Crippen LogP contribution in [0, 0.1) is 17.6 Å². The van der Waals surface area contributed by atoms with Gasteiger partial charge in [0.1, 0.15) is 11.6 Å². The van der Waals surface area contributed by atoms with Gasteiger partial charge in [-0.15, -0.1) is 0 Å². The lowest BCUT2D eigenvalue weighted by atomic mass is 10.1. The van der Waals surface area contributed by atoms with Crippen molar-refractivity contribution >= 4 is 5.96 Å². The first-order valence-corrected chi connectivity index (χ1v) is 9.83. The van der Waals surface area contributed by atoms with Crippen molar-refractivity contribution in [2.75, 3.05) is 39.5 Å². The first-order chi connectivity index (χ1) is 13.2. The van der Waals surface area contributed by atoms with E-state index in [4.69, 9.17) is 9.47 Å². The first kappa shape index (κ1) is 20.0. The Balaban J connectivity index is 1.40. The molecule has 0 bridgehead atoms. The molecule has 150 valence electrons. The van der Waals surface area contributed by atoms with Crippen LogP contribution in [0.3, 0.4) is 0 Å². The summed E-state index contributed by atoms with van der Waals surface area (Å²) in [6.45, 7) is 6.43. The van der Waals surface area contributed by atoms with Gasteiger partial charge in [0.25, 0.3) is 0 Å². The van der Waals surface area contributed by atoms with Crippen LogP contribution in [-0.4, -0.2) is 51.5 Å². The highest BCUT2D eigenvalue weighted by Gasteiger charge is 2.42. The molecular weight excluding hydrogens is 352 g/mol. The third-order valence-electron chi connectivity index (χ3n) is 4.92. The monoisotopic (exact) mass is 381 g/mol. The molecule has 1 aliphatic carbocycles. The highest BCUT2D eigenvalue weighted by atomic mass is 19.1. The van der Waals surface area contributed by atoms with Crippen LogP contribution in [0.15, 0.2) is 23.2 Å². The molecule has 7 heteroatoms. The maximum absolute atomic E-state index is 13.9. The van der Waals surface area contributed by atoms with Crippen molar-refractivity contribution in [1.82, 2.24) is 10.6 Å². The summed E-state index contributed by atoms with van der Waals surface area (Å²) >= 11 is 0. The summed E-state index contributed by atoms with van der Waals surface area (Å²) in [5.74, 6) is 0.114. The SMILES string of the molecule is CCNC(=NCCCOCC1CCOC1)NC1CC1c1c(F)cccc1F. The largest absolute Gasteiger partial charge is 0.381 e. The zero-order valence-corrected chi connectivity index (χ0v) is 15.8. The van der Waals surface area contributed by atoms with Gasteiger partial charge in [0, 0.05) is 49.7 Å². The number of guanidine groups is 1. The van der Waals surface area contributed by atoms with E-state index < -0.39 is 11.6 Å². The summed E-state index contributed by atoms with van der Waals surface area (Å²) in [4.78, 5) is 4.54. The second-order valence-corrected chi connectivity index (χ2v) is 7.15. The van der Waals surface area contributed by atoms with Crippen molar-refractivity contribution < 1.29 is 18.3 Å². The van der Waals surface area contributed by atoms with Crippen LogP contribution in [0.2, 0.25) is 0 Å². The maximum Gasteiger partial charge on any atom is 0.191 e. The van der Waals surface area contributed by atoms with Crippen molar-refractivity contribution in [3.8, 4) is 0 Å². The van der Waals surface area contributed by atoms with Gasteiger partial charge in [-0.25, -0.2) is 8.78 Å². The van der Waals surface area contributed by atoms with E-state index in [-0.39, 0.29) is 17.5 Å². The van der Waals surface area contributed by atoms with Gasteiger partial charge in [-0.3, -0.25) is 4.99 Å². The van der Waals surface area contributed by atoms with Gasteiger partial charge in [0.15, 0.2) is 5.96 Å². The molecule has 2 aliphatic rings. The molecule has 0 radical (unpaired) electrons. The van der Waals surface area contributed by atoms with E-state index in [9.17, 15) is 8.78 Å². The fourth-order valence-electron chi connectivity index (χ4n) is 3.36. The molecule has 2 N–H and O–H groups in total. The number of rotatable bonds is 9. The summed E-state index contributed by atoms with van der Waals surface area (Å²) in [5, 5.41) is 6.46. The topological polar surface area (TPSA) is 54.9 Å². The minimum atomic E-state index is -0.476. The third-order valence-corrected chi connectivity index (χ3v) is 4.92. The fourth-order valence-corrected chi connectivity index (χ4v) is 3.36. The molecule has 0 amide bonds. The molecule has 27 heavy (non-hydrogen) atoms. The Morgan fingerprint density at radius 1 is 1.33 bits per heavy atom. The molecule has 3 rings (SSSR count). The van der Waals surface area contributed by atoms with E-state index in [1.54, 1.807) is 0 Å². The second kappa shape index (κ2) is 9.99. The van der Waals surface area contributed by atoms with Crippen molar-refractivity contribution in [2.45, 2.75) is 38.1 Å². The van der Waals surface area contributed by atoms with Gasteiger partial charge < -0.3 is 20.1 Å². The first-order valence-electron chi connectivity index (χ1n) is 9.83. The molecule has 5 nitrogen and oxygen atoms in total. The average Bonchev–Trinajstić information content (AvgIpc) is 3.17. The molecule has 1 aromatic carbocycles. The van der Waals surface area contributed by atoms with Crippen LogP contribution >= 0.6 is 0 Å². The van der Waals surface area contributed by atoms with E-state index in [2.05, 4.69) is 15.6 Å². The number of halogens is 2. The van der Waals surface area contributed by atoms with Crippen molar-refractivity contribution in [1.29, 1.82) is 0 Å². The number of benzene rings is 1. The normalized spacial score (nSPS) is 24.9. The Labute approximate surface area is 159 Å². The van der Waals surface area contributed by atoms with E-state index in [0.717, 1.165) is 39.2 Å². The van der Waals surface area contributed by atoms with E-state index >= 15 is 0 Å². The van der Waals surface area contributed by atoms with Crippen LogP contribution in [0.4, 0.5) is 8.78 Å². The van der Waals surface area contributed by atoms with Crippen LogP contribution in [0.25, 0.3) is 0 Å². The molecule has 1 saturated heterocycles. The minimum absolute atomic E-state index is 0.00724. The predicted octanol–water partition coefficient (Wildman–Crippen LogP) is 2.82. The maximum atomic E-state index is 13.9. The summed E-state index contributed by atoms with van der Waals surface area (Å²) in [6.07, 6.45) is 2.62. The quantitative estimate of drug-likeness (QED) is 0.392. The molecule has 3 atom stereocenters. The van der Waals surface area contributed by atoms with Gasteiger partial charge in [-0.2, -0.15) is 0 Å². The zero-order chi connectivity index (χ0) is 19.1. The Morgan fingerprint density at radius 3 is 2.85 bits per heavy atom. The lowest BCUT2D eigenvalue weighted by Gasteiger charge is -2.12. The highest BCUT2D eigenvalue weighted by Crippen LogP contribution is 2.43. The van der Waals surface area contributed by atoms with Crippen molar-refractivity contribution in [3.05, 3.63) is 35.4 Å². The Kier molecular flexibility index (Phi) is 7.41. The minimum Gasteiger partial charge on any atom is -0.381 e. The number of ether oxygens (including phenoxy) is 2. The molecule has 1 saturated carbocycles. The van der Waals surface area contributed by atoms with Crippen LogP contribution in [-0.2, 0) is 9.47 Å². The van der Waals surface area contributed by atoms with Gasteiger partial charge in [-0.1, -0.05) is 6.07 Å². The fraction of sp³-hybridized carbons (Fsp3) is 0.650. The van der Waals surface area contributed by atoms with Crippen molar-refractivity contribution in [2.24, 2.45) is 10.9 Å². The molecule has 1 aromatic rings. The number of nitrogens with one attached hydrogen (secondary N) is 2. The third kappa shape index (κ3) is 5.87. The summed E-state index contributed by atoms with van der Waals surface area (Å²) in [6, 6.07) is 4.02. The highest BCUT2D eigenvalue weighted by molar-refractivity contribution is 5.80. The zero-order valence-electron chi connectivity index (χ0n) is 15.8. The van der Waals surface area contributed by atoms with Gasteiger partial charge in [0.2, 0.25) is 0 Å². The van der Waals surface area contributed by atoms with Crippen molar-refractivity contribution in [3.63, 3.8) is 0 Å². The number of hydrogen-bond acceptors (Lipinski definition) is 3. The van der Waals surface area contributed by atoms with Crippen LogP contribution in [0.5, 0.6) is 0 Å². The molecular formula is C20H29F2N3O2. The average molecular weight is 381 g/mol. The van der Waals surface area contributed by atoms with Crippen LogP contribution < -0.4 is 10.6 Å². The van der Waals surface area contributed by atoms with E-state index in [0.29, 0.717) is 31.4 Å². The van der Waals surface area contributed by atoms with Crippen LogP contribution in [0.1, 0.15) is 37.7 Å². The number of nitrogens with zero attached hydrogens (tertiary/aromatic N) is 1. The summed E-state index contributed by atoms with van der Waals surface area (Å²) in [5.41, 5.74) is 0.176. The molecule has 0 spiro atoms. The lowest BCUT2D eigenvalue weighted by molar-refractivity contribution is 0.0893. The lowest BCUT2D eigenvalue weighted by Crippen LogP contribution is -2.39.